The lowest BCUT2D eigenvalue weighted by Gasteiger charge is -2.35. The zero-order chi connectivity index (χ0) is 19.4. The number of rotatable bonds is 2. The van der Waals surface area contributed by atoms with E-state index in [2.05, 4.69) is 26.0 Å². The van der Waals surface area contributed by atoms with Gasteiger partial charge in [0.05, 0.1) is 11.2 Å². The number of hydrogen-bond acceptors (Lipinski definition) is 4. The van der Waals surface area contributed by atoms with E-state index in [1.54, 1.807) is 18.2 Å². The molecule has 9 heteroatoms. The summed E-state index contributed by atoms with van der Waals surface area (Å²) in [4.78, 5) is 0. The average Bonchev–Trinajstić information content (AvgIpc) is 2.97. The molecule has 2 aromatic carbocycles. The first-order valence-electron chi connectivity index (χ1n) is 7.92. The smallest absolute Gasteiger partial charge is 0.422 e. The van der Waals surface area contributed by atoms with Gasteiger partial charge in [0.25, 0.3) is 0 Å². The van der Waals surface area contributed by atoms with E-state index in [9.17, 15) is 17.6 Å². The maximum Gasteiger partial charge on any atom is 0.422 e. The van der Waals surface area contributed by atoms with Gasteiger partial charge in [-0.2, -0.15) is 13.2 Å². The Labute approximate surface area is 160 Å². The number of hydrogen-bond donors (Lipinski definition) is 2. The highest BCUT2D eigenvalue weighted by molar-refractivity contribution is 9.10. The number of benzene rings is 2. The minimum atomic E-state index is -4.57. The molecule has 4 rings (SSSR count). The molecule has 0 saturated heterocycles. The maximum absolute atomic E-state index is 14.5. The minimum absolute atomic E-state index is 0.219. The Kier molecular flexibility index (Phi) is 4.03. The van der Waals surface area contributed by atoms with E-state index >= 15 is 0 Å². The first kappa shape index (κ1) is 18.0. The Hall–Kier alpha value is -2.42. The first-order chi connectivity index (χ1) is 12.7. The molecule has 2 aliphatic rings. The number of nitrogens with one attached hydrogen (secondary N) is 1. The molecule has 0 fully saturated rings. The molecule has 1 spiro atoms. The molecule has 0 aliphatic carbocycles. The molecule has 2 heterocycles. The monoisotopic (exact) mass is 444 g/mol. The molecule has 3 N–H and O–H groups in total. The summed E-state index contributed by atoms with van der Waals surface area (Å²) in [6, 6.07) is 7.64. The van der Waals surface area contributed by atoms with Crippen molar-refractivity contribution in [1.29, 1.82) is 0 Å². The predicted octanol–water partition coefficient (Wildman–Crippen LogP) is 4.32. The Bertz CT molecular complexity index is 961. The third-order valence-electron chi connectivity index (χ3n) is 4.52. The second kappa shape index (κ2) is 6.05. The van der Waals surface area contributed by atoms with Gasteiger partial charge in [-0.1, -0.05) is 15.9 Å². The van der Waals surface area contributed by atoms with Crippen molar-refractivity contribution in [2.75, 3.05) is 13.2 Å². The Morgan fingerprint density at radius 3 is 2.59 bits per heavy atom. The molecular formula is C18H13BrF4N2O2. The van der Waals surface area contributed by atoms with Gasteiger partial charge in [0, 0.05) is 28.2 Å². The van der Waals surface area contributed by atoms with E-state index in [0.29, 0.717) is 23.7 Å². The summed E-state index contributed by atoms with van der Waals surface area (Å²) >= 11 is 3.41. The molecule has 1 unspecified atom stereocenters. The molecule has 0 aromatic heterocycles. The maximum atomic E-state index is 14.5. The fraction of sp³-hybridized carbons (Fsp3) is 0.222. The van der Waals surface area contributed by atoms with Crippen molar-refractivity contribution in [3.05, 3.63) is 63.6 Å². The van der Waals surface area contributed by atoms with Crippen molar-refractivity contribution in [2.45, 2.75) is 11.6 Å². The van der Waals surface area contributed by atoms with Gasteiger partial charge in [-0.15, -0.1) is 0 Å². The summed E-state index contributed by atoms with van der Waals surface area (Å²) in [6.07, 6.45) is -2.81. The quantitative estimate of drug-likeness (QED) is 0.677. The zero-order valence-corrected chi connectivity index (χ0v) is 15.2. The predicted molar refractivity (Wildman–Crippen MR) is 93.2 cm³/mol. The number of fused-ring (bicyclic) bond motifs is 4. The van der Waals surface area contributed by atoms with Crippen molar-refractivity contribution in [3.63, 3.8) is 0 Å². The van der Waals surface area contributed by atoms with Crippen molar-refractivity contribution >= 4 is 15.9 Å². The van der Waals surface area contributed by atoms with E-state index in [4.69, 9.17) is 10.5 Å². The molecule has 1 atom stereocenters. The summed E-state index contributed by atoms with van der Waals surface area (Å²) in [7, 11) is 0. The Morgan fingerprint density at radius 2 is 1.93 bits per heavy atom. The lowest BCUT2D eigenvalue weighted by molar-refractivity contribution is -0.153. The van der Waals surface area contributed by atoms with E-state index in [-0.39, 0.29) is 5.75 Å². The van der Waals surface area contributed by atoms with Crippen LogP contribution in [0.25, 0.3) is 0 Å². The summed E-state index contributed by atoms with van der Waals surface area (Å²) in [5.41, 5.74) is 6.33. The van der Waals surface area contributed by atoms with Crippen molar-refractivity contribution in [1.82, 2.24) is 5.32 Å². The van der Waals surface area contributed by atoms with Crippen molar-refractivity contribution in [2.24, 2.45) is 5.73 Å². The summed E-state index contributed by atoms with van der Waals surface area (Å²) < 4.78 is 63.0. The molecule has 142 valence electrons. The van der Waals surface area contributed by atoms with E-state index < -0.39 is 29.8 Å². The largest absolute Gasteiger partial charge is 0.481 e. The average molecular weight is 445 g/mol. The molecule has 2 aliphatic heterocycles. The zero-order valence-electron chi connectivity index (χ0n) is 13.7. The van der Waals surface area contributed by atoms with Gasteiger partial charge in [0.1, 0.15) is 11.5 Å². The fourth-order valence-corrected chi connectivity index (χ4v) is 3.76. The Morgan fingerprint density at radius 1 is 1.19 bits per heavy atom. The molecular weight excluding hydrogens is 432 g/mol. The fourth-order valence-electron chi connectivity index (χ4n) is 3.40. The number of nitrogens with two attached hydrogens (primary N) is 1. The van der Waals surface area contributed by atoms with Crippen LogP contribution in [0.4, 0.5) is 17.6 Å². The molecule has 27 heavy (non-hydrogen) atoms. The summed E-state index contributed by atoms with van der Waals surface area (Å²) in [5, 5.41) is 3.03. The lowest BCUT2D eigenvalue weighted by atomic mass is 9.73. The molecule has 0 radical (unpaired) electrons. The highest BCUT2D eigenvalue weighted by Gasteiger charge is 2.44. The molecule has 4 nitrogen and oxygen atoms in total. The highest BCUT2D eigenvalue weighted by atomic mass is 79.9. The highest BCUT2D eigenvalue weighted by Crippen LogP contribution is 2.52. The third-order valence-corrected chi connectivity index (χ3v) is 5.01. The number of alkyl halides is 3. The van der Waals surface area contributed by atoms with Crippen LogP contribution in [0.15, 0.2) is 46.7 Å². The van der Waals surface area contributed by atoms with Crippen LogP contribution in [-0.2, 0) is 5.41 Å². The van der Waals surface area contributed by atoms with Crippen LogP contribution in [0.5, 0.6) is 17.2 Å². The molecule has 2 aromatic rings. The molecule has 0 amide bonds. The van der Waals surface area contributed by atoms with Gasteiger partial charge in [-0.3, -0.25) is 0 Å². The summed E-state index contributed by atoms with van der Waals surface area (Å²) in [6.45, 7) is -1.23. The van der Waals surface area contributed by atoms with Crippen molar-refractivity contribution in [3.8, 4) is 17.2 Å². The van der Waals surface area contributed by atoms with Crippen LogP contribution in [0.1, 0.15) is 11.1 Å². The van der Waals surface area contributed by atoms with Crippen LogP contribution in [-0.4, -0.2) is 19.3 Å². The third kappa shape index (κ3) is 3.09. The summed E-state index contributed by atoms with van der Waals surface area (Å²) in [5.74, 6) is -0.280. The van der Waals surface area contributed by atoms with Crippen LogP contribution in [0.3, 0.4) is 0 Å². The van der Waals surface area contributed by atoms with Crippen molar-refractivity contribution < 1.29 is 27.0 Å². The minimum Gasteiger partial charge on any atom is -0.481 e. The van der Waals surface area contributed by atoms with Gasteiger partial charge in [0.15, 0.2) is 18.2 Å². The van der Waals surface area contributed by atoms with Gasteiger partial charge >= 0.3 is 6.18 Å². The second-order valence-corrected chi connectivity index (χ2v) is 7.27. The number of ether oxygens (including phenoxy) is 2. The van der Waals surface area contributed by atoms with Crippen LogP contribution in [0, 0.1) is 5.82 Å². The van der Waals surface area contributed by atoms with Crippen LogP contribution in [0.2, 0.25) is 0 Å². The first-order valence-corrected chi connectivity index (χ1v) is 8.71. The van der Waals surface area contributed by atoms with Crippen LogP contribution >= 0.6 is 15.9 Å². The topological polar surface area (TPSA) is 56.5 Å². The lowest BCUT2D eigenvalue weighted by Crippen LogP contribution is -2.34. The van der Waals surface area contributed by atoms with Gasteiger partial charge in [-0.05, 0) is 30.3 Å². The SMILES string of the molecule is NC1=CC2(CN1)c1cc(Br)ccc1Oc1cc(OCC(F)(F)F)c(F)cc12. The van der Waals surface area contributed by atoms with E-state index in [1.165, 1.54) is 0 Å². The second-order valence-electron chi connectivity index (χ2n) is 6.35. The normalized spacial score (nSPS) is 20.4. The van der Waals surface area contributed by atoms with Gasteiger partial charge in [-0.25, -0.2) is 4.39 Å². The number of halogens is 5. The molecule has 0 bridgehead atoms. The molecule has 0 saturated carbocycles. The van der Waals surface area contributed by atoms with E-state index in [1.807, 2.05) is 6.07 Å². The van der Waals surface area contributed by atoms with Gasteiger partial charge < -0.3 is 20.5 Å². The van der Waals surface area contributed by atoms with Gasteiger partial charge in [0.2, 0.25) is 0 Å². The van der Waals surface area contributed by atoms with E-state index in [0.717, 1.165) is 22.2 Å². The van der Waals surface area contributed by atoms with Crippen LogP contribution < -0.4 is 20.5 Å². The standard InChI is InChI=1S/C18H13BrF4N2O2/c19-9-1-2-13-10(3-9)17(6-16(24)25-7-17)11-4-12(20)15(5-14(11)27-13)26-8-18(21,22)23/h1-6,25H,7-8,24H2. The Balaban J connectivity index is 1.85.